The van der Waals surface area contributed by atoms with Gasteiger partial charge < -0.3 is 0 Å². The quantitative estimate of drug-likeness (QED) is 0.210. The summed E-state index contributed by atoms with van der Waals surface area (Å²) in [5, 5.41) is 17.5. The zero-order valence-corrected chi connectivity index (χ0v) is 25.6. The lowest BCUT2D eigenvalue weighted by Crippen LogP contribution is -2.30. The predicted octanol–water partition coefficient (Wildman–Crippen LogP) is 9.12. The fourth-order valence-electron chi connectivity index (χ4n) is 6.73. The monoisotopic (exact) mass is 610 g/mol. The fraction of sp³-hybridized carbons (Fsp3) is 0.103. The standard InChI is InChI=1S/C39H30N8/c1-3-12-28(13-4-1)46(30-20-18-26-10-8-22-40-34(26)24-30)38-32-16-7-17-33-36(32)37(42-44-38)43-45-39(33)47(29-14-5-2-6-15-29)31-21-19-27-11-9-23-41-35(27)25-31/h1-5,7-8,10,12-14,16-25H,6,9,11,15H2,(H,42,43). The maximum atomic E-state index is 4.92. The predicted molar refractivity (Wildman–Crippen MR) is 192 cm³/mol. The molecule has 4 aromatic carbocycles. The van der Waals surface area contributed by atoms with Gasteiger partial charge in [0.25, 0.3) is 0 Å². The van der Waals surface area contributed by atoms with Crippen molar-refractivity contribution in [2.24, 2.45) is 10.1 Å². The molecule has 0 unspecified atom stereocenters. The van der Waals surface area contributed by atoms with E-state index in [-0.39, 0.29) is 0 Å². The molecule has 2 aromatic heterocycles. The number of allylic oxidation sites excluding steroid dienone is 4. The van der Waals surface area contributed by atoms with Crippen molar-refractivity contribution in [3.05, 3.63) is 138 Å². The van der Waals surface area contributed by atoms with Crippen LogP contribution in [0.5, 0.6) is 0 Å². The summed E-state index contributed by atoms with van der Waals surface area (Å²) in [5.74, 6) is 2.16. The molecule has 47 heavy (non-hydrogen) atoms. The van der Waals surface area contributed by atoms with Crippen LogP contribution in [0, 0.1) is 0 Å². The molecule has 0 spiro atoms. The molecule has 4 heterocycles. The van der Waals surface area contributed by atoms with Gasteiger partial charge in [0.2, 0.25) is 0 Å². The second-order valence-electron chi connectivity index (χ2n) is 11.8. The Kier molecular flexibility index (Phi) is 6.56. The van der Waals surface area contributed by atoms with Crippen molar-refractivity contribution in [1.29, 1.82) is 0 Å². The van der Waals surface area contributed by atoms with Crippen molar-refractivity contribution in [3.8, 4) is 0 Å². The van der Waals surface area contributed by atoms with E-state index in [1.807, 2.05) is 36.7 Å². The third-order valence-corrected chi connectivity index (χ3v) is 8.96. The second kappa shape index (κ2) is 11.3. The molecule has 2 aliphatic heterocycles. The Bertz CT molecular complexity index is 2300. The van der Waals surface area contributed by atoms with Gasteiger partial charge in [-0.25, -0.2) is 0 Å². The van der Waals surface area contributed by atoms with Crippen LogP contribution in [0.3, 0.4) is 0 Å². The minimum absolute atomic E-state index is 0.629. The highest BCUT2D eigenvalue weighted by Crippen LogP contribution is 2.42. The van der Waals surface area contributed by atoms with Crippen LogP contribution in [0.15, 0.2) is 137 Å². The summed E-state index contributed by atoms with van der Waals surface area (Å²) in [6.07, 6.45) is 14.2. The normalized spacial score (nSPS) is 14.7. The maximum absolute atomic E-state index is 4.92. The Morgan fingerprint density at radius 3 is 2.55 bits per heavy atom. The van der Waals surface area contributed by atoms with E-state index in [0.717, 1.165) is 93.0 Å². The molecule has 0 saturated carbocycles. The molecule has 0 bridgehead atoms. The van der Waals surface area contributed by atoms with Crippen molar-refractivity contribution >= 4 is 68.1 Å². The molecule has 8 nitrogen and oxygen atoms in total. The second-order valence-corrected chi connectivity index (χ2v) is 11.8. The van der Waals surface area contributed by atoms with E-state index in [2.05, 4.69) is 111 Å². The number of hydrogen-bond acceptors (Lipinski definition) is 8. The molecular weight excluding hydrogens is 580 g/mol. The minimum atomic E-state index is 0.629. The van der Waals surface area contributed by atoms with Crippen molar-refractivity contribution in [2.75, 3.05) is 15.2 Å². The molecule has 0 radical (unpaired) electrons. The van der Waals surface area contributed by atoms with Crippen LogP contribution in [-0.2, 0) is 6.42 Å². The Labute approximate surface area is 272 Å². The highest BCUT2D eigenvalue weighted by Gasteiger charge is 2.29. The van der Waals surface area contributed by atoms with E-state index < -0.39 is 0 Å². The average Bonchev–Trinajstić information content (AvgIpc) is 3.14. The van der Waals surface area contributed by atoms with Crippen molar-refractivity contribution in [2.45, 2.75) is 25.7 Å². The topological polar surface area (TPSA) is 81.9 Å². The van der Waals surface area contributed by atoms with E-state index in [1.165, 1.54) is 5.56 Å². The number of nitrogens with one attached hydrogen (secondary N) is 1. The van der Waals surface area contributed by atoms with Crippen molar-refractivity contribution < 1.29 is 0 Å². The number of hydrogen-bond donors (Lipinski definition) is 1. The van der Waals surface area contributed by atoms with Gasteiger partial charge in [0.05, 0.1) is 11.2 Å². The van der Waals surface area contributed by atoms with Gasteiger partial charge in [-0.15, -0.1) is 10.2 Å². The van der Waals surface area contributed by atoms with Gasteiger partial charge >= 0.3 is 0 Å². The number of aliphatic imine (C=N–C) groups is 1. The van der Waals surface area contributed by atoms with E-state index >= 15 is 0 Å². The molecule has 0 atom stereocenters. The number of benzene rings is 4. The first-order valence-electron chi connectivity index (χ1n) is 16.0. The van der Waals surface area contributed by atoms with E-state index in [4.69, 9.17) is 20.3 Å². The number of rotatable bonds is 5. The van der Waals surface area contributed by atoms with Gasteiger partial charge in [-0.2, -0.15) is 5.10 Å². The number of aryl methyl sites for hydroxylation is 1. The summed E-state index contributed by atoms with van der Waals surface area (Å²) in [5.41, 5.74) is 11.5. The number of aromatic nitrogens is 3. The zero-order valence-electron chi connectivity index (χ0n) is 25.6. The number of pyridine rings is 1. The molecule has 1 N–H and O–H groups in total. The molecule has 6 aromatic rings. The maximum Gasteiger partial charge on any atom is 0.177 e. The lowest BCUT2D eigenvalue weighted by Gasteiger charge is -2.32. The lowest BCUT2D eigenvalue weighted by atomic mass is 10.0. The van der Waals surface area contributed by atoms with Crippen molar-refractivity contribution in [1.82, 2.24) is 15.2 Å². The van der Waals surface area contributed by atoms with Crippen LogP contribution in [0.2, 0.25) is 0 Å². The van der Waals surface area contributed by atoms with Gasteiger partial charge in [0.15, 0.2) is 17.5 Å². The molecule has 1 aliphatic carbocycles. The smallest absolute Gasteiger partial charge is 0.177 e. The van der Waals surface area contributed by atoms with Crippen LogP contribution in [-0.4, -0.2) is 27.2 Å². The molecule has 0 fully saturated rings. The fourth-order valence-corrected chi connectivity index (χ4v) is 6.73. The molecule has 3 aliphatic rings. The highest BCUT2D eigenvalue weighted by molar-refractivity contribution is 6.24. The number of anilines is 5. The van der Waals surface area contributed by atoms with Crippen LogP contribution in [0.1, 0.15) is 30.4 Å². The summed E-state index contributed by atoms with van der Waals surface area (Å²) < 4.78 is 0. The summed E-state index contributed by atoms with van der Waals surface area (Å²) >= 11 is 0. The molecule has 226 valence electrons. The largest absolute Gasteiger partial charge is 0.297 e. The van der Waals surface area contributed by atoms with Crippen molar-refractivity contribution in [3.63, 3.8) is 0 Å². The Morgan fingerprint density at radius 2 is 1.64 bits per heavy atom. The number of para-hydroxylation sites is 1. The SMILES string of the molecule is C1=CCCC(N(c2ccc3c(c2)N=CCC3)c2nnc3c4c(cccc24)C(N(c2ccccc2)c2ccc4cccnc4c2)=NN3)=C1. The van der Waals surface area contributed by atoms with Crippen LogP contribution < -0.4 is 15.2 Å². The van der Waals surface area contributed by atoms with Crippen LogP contribution in [0.25, 0.3) is 21.7 Å². The molecule has 0 saturated heterocycles. The van der Waals surface area contributed by atoms with Crippen LogP contribution in [0.4, 0.5) is 34.4 Å². The summed E-state index contributed by atoms with van der Waals surface area (Å²) in [6, 6.07) is 33.6. The third-order valence-electron chi connectivity index (χ3n) is 8.96. The highest BCUT2D eigenvalue weighted by atomic mass is 15.4. The van der Waals surface area contributed by atoms with Gasteiger partial charge in [0, 0.05) is 56.9 Å². The van der Waals surface area contributed by atoms with Gasteiger partial charge in [-0.05, 0) is 79.8 Å². The Hall–Kier alpha value is -6.15. The Morgan fingerprint density at radius 1 is 0.723 bits per heavy atom. The van der Waals surface area contributed by atoms with E-state index in [9.17, 15) is 0 Å². The summed E-state index contributed by atoms with van der Waals surface area (Å²) in [7, 11) is 0. The molecule has 9 rings (SSSR count). The van der Waals surface area contributed by atoms with Gasteiger partial charge in [-0.1, -0.05) is 66.7 Å². The molecular formula is C39H30N8. The first-order valence-corrected chi connectivity index (χ1v) is 16.0. The zero-order chi connectivity index (χ0) is 31.2. The average molecular weight is 611 g/mol. The molecule has 0 amide bonds. The van der Waals surface area contributed by atoms with Crippen LogP contribution >= 0.6 is 0 Å². The first kappa shape index (κ1) is 27.2. The lowest BCUT2D eigenvalue weighted by molar-refractivity contribution is 0.895. The van der Waals surface area contributed by atoms with E-state index in [0.29, 0.717) is 5.82 Å². The number of hydrazone groups is 1. The number of fused-ring (bicyclic) bond motifs is 2. The number of nitrogens with zero attached hydrogens (tertiary/aromatic N) is 7. The Balaban J connectivity index is 1.23. The minimum Gasteiger partial charge on any atom is -0.297 e. The summed E-state index contributed by atoms with van der Waals surface area (Å²) in [4.78, 5) is 13.8. The van der Waals surface area contributed by atoms with Gasteiger partial charge in [-0.3, -0.25) is 25.2 Å². The summed E-state index contributed by atoms with van der Waals surface area (Å²) in [6.45, 7) is 0. The van der Waals surface area contributed by atoms with E-state index in [1.54, 1.807) is 0 Å². The third kappa shape index (κ3) is 4.73. The first-order chi connectivity index (χ1) is 23.3. The molecule has 8 heteroatoms. The number of amidine groups is 1. The van der Waals surface area contributed by atoms with Gasteiger partial charge in [0.1, 0.15) is 0 Å².